The van der Waals surface area contributed by atoms with Gasteiger partial charge in [-0.25, -0.2) is 9.97 Å². The Labute approximate surface area is 95.9 Å². The van der Waals surface area contributed by atoms with E-state index in [1.807, 2.05) is 0 Å². The maximum Gasteiger partial charge on any atom is 0.132 e. The van der Waals surface area contributed by atoms with Crippen LogP contribution in [-0.2, 0) is 6.42 Å². The summed E-state index contributed by atoms with van der Waals surface area (Å²) in [7, 11) is 0. The SMILES string of the molecule is CCc1cc(N2CC3C(CN)C3C2)ncn1. The van der Waals surface area contributed by atoms with Crippen LogP contribution in [0.15, 0.2) is 12.4 Å². The van der Waals surface area contributed by atoms with Crippen LogP contribution in [0.5, 0.6) is 0 Å². The molecule has 1 aliphatic heterocycles. The van der Waals surface area contributed by atoms with E-state index >= 15 is 0 Å². The Bertz CT molecular complexity index is 380. The number of nitrogens with zero attached hydrogens (tertiary/aromatic N) is 3. The first-order valence-corrected chi connectivity index (χ1v) is 6.09. The Kier molecular flexibility index (Phi) is 2.32. The van der Waals surface area contributed by atoms with Crippen molar-refractivity contribution in [2.45, 2.75) is 13.3 Å². The Hall–Kier alpha value is -1.16. The summed E-state index contributed by atoms with van der Waals surface area (Å²) in [6, 6.07) is 2.11. The Morgan fingerprint density at radius 1 is 1.38 bits per heavy atom. The van der Waals surface area contributed by atoms with Crippen molar-refractivity contribution in [1.29, 1.82) is 0 Å². The molecular weight excluding hydrogens is 200 g/mol. The fourth-order valence-electron chi connectivity index (χ4n) is 2.94. The lowest BCUT2D eigenvalue weighted by Gasteiger charge is -2.20. The van der Waals surface area contributed by atoms with E-state index in [2.05, 4.69) is 27.9 Å². The van der Waals surface area contributed by atoms with Crippen LogP contribution >= 0.6 is 0 Å². The van der Waals surface area contributed by atoms with E-state index in [0.29, 0.717) is 0 Å². The van der Waals surface area contributed by atoms with E-state index in [1.54, 1.807) is 6.33 Å². The maximum atomic E-state index is 5.71. The molecule has 16 heavy (non-hydrogen) atoms. The zero-order valence-electron chi connectivity index (χ0n) is 9.63. The van der Waals surface area contributed by atoms with Gasteiger partial charge >= 0.3 is 0 Å². The number of anilines is 1. The van der Waals surface area contributed by atoms with Gasteiger partial charge < -0.3 is 10.6 Å². The Morgan fingerprint density at radius 3 is 2.75 bits per heavy atom. The van der Waals surface area contributed by atoms with Crippen molar-refractivity contribution >= 4 is 5.82 Å². The smallest absolute Gasteiger partial charge is 0.132 e. The number of nitrogens with two attached hydrogens (primary N) is 1. The van der Waals surface area contributed by atoms with Crippen LogP contribution in [0.4, 0.5) is 5.82 Å². The number of aryl methyl sites for hydroxylation is 1. The molecule has 2 heterocycles. The van der Waals surface area contributed by atoms with Crippen molar-refractivity contribution in [3.05, 3.63) is 18.1 Å². The van der Waals surface area contributed by atoms with E-state index in [4.69, 9.17) is 5.73 Å². The highest BCUT2D eigenvalue weighted by molar-refractivity contribution is 5.42. The largest absolute Gasteiger partial charge is 0.356 e. The molecule has 2 fully saturated rings. The van der Waals surface area contributed by atoms with Gasteiger partial charge in [0.15, 0.2) is 0 Å². The minimum atomic E-state index is 0.781. The van der Waals surface area contributed by atoms with Crippen molar-refractivity contribution in [2.24, 2.45) is 23.5 Å². The maximum absolute atomic E-state index is 5.71. The fraction of sp³-hybridized carbons (Fsp3) is 0.667. The summed E-state index contributed by atoms with van der Waals surface area (Å²) in [6.45, 7) is 5.24. The summed E-state index contributed by atoms with van der Waals surface area (Å²) in [4.78, 5) is 11.0. The molecule has 3 rings (SSSR count). The first kappa shape index (κ1) is 10.0. The lowest BCUT2D eigenvalue weighted by atomic mass is 10.2. The van der Waals surface area contributed by atoms with Gasteiger partial charge in [-0.1, -0.05) is 6.92 Å². The summed E-state index contributed by atoms with van der Waals surface area (Å²) in [5.41, 5.74) is 6.84. The van der Waals surface area contributed by atoms with E-state index < -0.39 is 0 Å². The number of rotatable bonds is 3. The van der Waals surface area contributed by atoms with E-state index in [0.717, 1.165) is 55.3 Å². The normalized spacial score (nSPS) is 31.6. The van der Waals surface area contributed by atoms with Gasteiger partial charge in [-0.2, -0.15) is 0 Å². The van der Waals surface area contributed by atoms with Crippen LogP contribution in [0.3, 0.4) is 0 Å². The predicted octanol–water partition coefficient (Wildman–Crippen LogP) is 0.680. The van der Waals surface area contributed by atoms with Crippen LogP contribution in [0.1, 0.15) is 12.6 Å². The van der Waals surface area contributed by atoms with Crippen molar-refractivity contribution in [1.82, 2.24) is 9.97 Å². The Balaban J connectivity index is 1.71. The molecule has 0 spiro atoms. The zero-order valence-corrected chi connectivity index (χ0v) is 9.63. The summed E-state index contributed by atoms with van der Waals surface area (Å²) < 4.78 is 0. The second-order valence-electron chi connectivity index (χ2n) is 4.85. The molecule has 4 heteroatoms. The van der Waals surface area contributed by atoms with Gasteiger partial charge in [-0.15, -0.1) is 0 Å². The molecule has 1 aliphatic carbocycles. The second kappa shape index (κ2) is 3.70. The van der Waals surface area contributed by atoms with Crippen LogP contribution < -0.4 is 10.6 Å². The monoisotopic (exact) mass is 218 g/mol. The van der Waals surface area contributed by atoms with Gasteiger partial charge in [-0.3, -0.25) is 0 Å². The average molecular weight is 218 g/mol. The highest BCUT2D eigenvalue weighted by Crippen LogP contribution is 2.51. The van der Waals surface area contributed by atoms with E-state index in [-0.39, 0.29) is 0 Å². The average Bonchev–Trinajstić information content (AvgIpc) is 2.81. The molecule has 2 atom stereocenters. The molecule has 2 aliphatic rings. The number of fused-ring (bicyclic) bond motifs is 1. The van der Waals surface area contributed by atoms with Crippen molar-refractivity contribution < 1.29 is 0 Å². The van der Waals surface area contributed by atoms with Crippen molar-refractivity contribution in [3.8, 4) is 0 Å². The van der Waals surface area contributed by atoms with Crippen LogP contribution in [0.2, 0.25) is 0 Å². The third kappa shape index (κ3) is 1.48. The van der Waals surface area contributed by atoms with Gasteiger partial charge in [-0.05, 0) is 30.7 Å². The fourth-order valence-corrected chi connectivity index (χ4v) is 2.94. The molecule has 1 saturated carbocycles. The quantitative estimate of drug-likeness (QED) is 0.810. The molecule has 0 bridgehead atoms. The lowest BCUT2D eigenvalue weighted by Crippen LogP contribution is -2.26. The first-order chi connectivity index (χ1) is 7.83. The number of hydrogen-bond donors (Lipinski definition) is 1. The topological polar surface area (TPSA) is 55.0 Å². The summed E-state index contributed by atoms with van der Waals surface area (Å²) in [5, 5.41) is 0. The molecule has 1 aromatic heterocycles. The van der Waals surface area contributed by atoms with Crippen molar-refractivity contribution in [2.75, 3.05) is 24.5 Å². The first-order valence-electron chi connectivity index (χ1n) is 6.09. The van der Waals surface area contributed by atoms with Crippen LogP contribution in [-0.4, -0.2) is 29.6 Å². The molecule has 1 aromatic rings. The third-order valence-electron chi connectivity index (χ3n) is 4.04. The standard InChI is InChI=1S/C12H18N4/c1-2-8-3-12(15-7-14-8)16-5-10-9(4-13)11(10)6-16/h3,7,9-11H,2,4-6,13H2,1H3. The zero-order chi connectivity index (χ0) is 11.1. The van der Waals surface area contributed by atoms with Crippen LogP contribution in [0, 0.1) is 17.8 Å². The molecular formula is C12H18N4. The van der Waals surface area contributed by atoms with E-state index in [9.17, 15) is 0 Å². The molecule has 86 valence electrons. The van der Waals surface area contributed by atoms with Gasteiger partial charge in [0.1, 0.15) is 12.1 Å². The van der Waals surface area contributed by atoms with Crippen LogP contribution in [0.25, 0.3) is 0 Å². The highest BCUT2D eigenvalue weighted by atomic mass is 15.2. The van der Waals surface area contributed by atoms with E-state index in [1.165, 1.54) is 0 Å². The van der Waals surface area contributed by atoms with Gasteiger partial charge in [0.2, 0.25) is 0 Å². The molecule has 1 saturated heterocycles. The lowest BCUT2D eigenvalue weighted by molar-refractivity contribution is 0.643. The summed E-state index contributed by atoms with van der Waals surface area (Å²) >= 11 is 0. The molecule has 2 N–H and O–H groups in total. The molecule has 4 nitrogen and oxygen atoms in total. The minimum Gasteiger partial charge on any atom is -0.356 e. The highest BCUT2D eigenvalue weighted by Gasteiger charge is 2.54. The van der Waals surface area contributed by atoms with Gasteiger partial charge in [0.05, 0.1) is 0 Å². The predicted molar refractivity (Wildman–Crippen MR) is 63.1 cm³/mol. The molecule has 0 aromatic carbocycles. The minimum absolute atomic E-state index is 0.781. The Morgan fingerprint density at radius 2 is 2.12 bits per heavy atom. The van der Waals surface area contributed by atoms with Gasteiger partial charge in [0.25, 0.3) is 0 Å². The third-order valence-corrected chi connectivity index (χ3v) is 4.04. The van der Waals surface area contributed by atoms with Crippen molar-refractivity contribution in [3.63, 3.8) is 0 Å². The second-order valence-corrected chi connectivity index (χ2v) is 4.85. The number of aromatic nitrogens is 2. The summed E-state index contributed by atoms with van der Waals surface area (Å²) in [5.74, 6) is 3.52. The molecule has 2 unspecified atom stereocenters. The number of hydrogen-bond acceptors (Lipinski definition) is 4. The molecule has 0 radical (unpaired) electrons. The summed E-state index contributed by atoms with van der Waals surface area (Å²) in [6.07, 6.45) is 2.65. The molecule has 0 amide bonds. The number of piperidine rings is 1. The van der Waals surface area contributed by atoms with Gasteiger partial charge in [0, 0.05) is 24.8 Å².